The van der Waals surface area contributed by atoms with Gasteiger partial charge in [-0.05, 0) is 36.6 Å². The van der Waals surface area contributed by atoms with E-state index in [1.54, 1.807) is 6.92 Å². The van der Waals surface area contributed by atoms with Crippen molar-refractivity contribution in [2.45, 2.75) is 33.9 Å². The average molecular weight is 480 g/mol. The summed E-state index contributed by atoms with van der Waals surface area (Å²) in [5, 5.41) is 6.69. The quantitative estimate of drug-likeness (QED) is 0.488. The van der Waals surface area contributed by atoms with Crippen LogP contribution in [-0.4, -0.2) is 23.3 Å². The van der Waals surface area contributed by atoms with Crippen molar-refractivity contribution in [2.24, 2.45) is 5.41 Å². The van der Waals surface area contributed by atoms with Gasteiger partial charge in [-0.15, -0.1) is 5.53 Å². The molecule has 3 rings (SSSR count). The van der Waals surface area contributed by atoms with Crippen molar-refractivity contribution in [3.8, 4) is 0 Å². The number of anilines is 2. The summed E-state index contributed by atoms with van der Waals surface area (Å²) >= 11 is 0. The molecule has 0 unspecified atom stereocenters. The van der Waals surface area contributed by atoms with Crippen molar-refractivity contribution in [3.63, 3.8) is 0 Å². The number of aryl methyl sites for hydroxylation is 1. The average Bonchev–Trinajstić information content (AvgIpc) is 3.22. The molecule has 12 heteroatoms. The first-order valence-corrected chi connectivity index (χ1v) is 10.2. The summed E-state index contributed by atoms with van der Waals surface area (Å²) in [5.74, 6) is -2.45. The standard InChI is InChI=1S/C22H24F4N6O2/c1-12-18(32-10-17(30-31-32)20(34)28-11-21(2,3)4)8-16(9-27-12)29-19(33)13-5-14(22(24,25)26)7-15(23)6-13/h5-10,30-31H,11H2,1-4H3,(H,28,34)(H,29,33). The fraction of sp³-hybridized carbons (Fsp3) is 0.318. The fourth-order valence-corrected chi connectivity index (χ4v) is 2.92. The topological polar surface area (TPSA) is 98.4 Å². The molecule has 0 bridgehead atoms. The zero-order valence-corrected chi connectivity index (χ0v) is 18.9. The Balaban J connectivity index is 1.77. The van der Waals surface area contributed by atoms with Crippen LogP contribution in [0, 0.1) is 18.2 Å². The molecule has 8 nitrogen and oxygen atoms in total. The predicted octanol–water partition coefficient (Wildman–Crippen LogP) is 3.63. The Morgan fingerprint density at radius 2 is 1.79 bits per heavy atom. The number of benzene rings is 1. The summed E-state index contributed by atoms with van der Waals surface area (Å²) in [6, 6.07) is 3.10. The molecule has 1 aromatic carbocycles. The zero-order valence-electron chi connectivity index (χ0n) is 18.9. The molecule has 34 heavy (non-hydrogen) atoms. The first-order valence-electron chi connectivity index (χ1n) is 10.2. The van der Waals surface area contributed by atoms with E-state index in [4.69, 9.17) is 0 Å². The maximum absolute atomic E-state index is 13.6. The van der Waals surface area contributed by atoms with Gasteiger partial charge in [0, 0.05) is 12.1 Å². The van der Waals surface area contributed by atoms with E-state index in [1.807, 2.05) is 20.8 Å². The molecule has 1 aromatic heterocycles. The number of nitrogens with one attached hydrogen (secondary N) is 4. The van der Waals surface area contributed by atoms with Crippen LogP contribution >= 0.6 is 0 Å². The van der Waals surface area contributed by atoms with E-state index in [-0.39, 0.29) is 22.7 Å². The number of hydrogen-bond donors (Lipinski definition) is 4. The minimum atomic E-state index is -4.80. The fourth-order valence-electron chi connectivity index (χ4n) is 2.92. The van der Waals surface area contributed by atoms with Crippen molar-refractivity contribution in [3.05, 3.63) is 65.0 Å². The number of halogens is 4. The number of hydrazine groups is 2. The first-order chi connectivity index (χ1) is 15.7. The summed E-state index contributed by atoms with van der Waals surface area (Å²) in [6.45, 7) is 8.10. The molecule has 0 fully saturated rings. The molecule has 0 saturated heterocycles. The number of rotatable bonds is 5. The van der Waals surface area contributed by atoms with Gasteiger partial charge in [-0.1, -0.05) is 20.8 Å². The third-order valence-corrected chi connectivity index (χ3v) is 4.66. The lowest BCUT2D eigenvalue weighted by Gasteiger charge is -2.18. The third kappa shape index (κ3) is 6.22. The van der Waals surface area contributed by atoms with Crippen LogP contribution in [0.5, 0.6) is 0 Å². The molecule has 0 atom stereocenters. The van der Waals surface area contributed by atoms with Crippen LogP contribution in [-0.2, 0) is 11.0 Å². The summed E-state index contributed by atoms with van der Waals surface area (Å²) in [5.41, 5.74) is 5.06. The summed E-state index contributed by atoms with van der Waals surface area (Å²) < 4.78 is 52.5. The van der Waals surface area contributed by atoms with Crippen molar-refractivity contribution < 1.29 is 27.2 Å². The largest absolute Gasteiger partial charge is 0.416 e. The van der Waals surface area contributed by atoms with Gasteiger partial charge in [-0.2, -0.15) is 13.2 Å². The van der Waals surface area contributed by atoms with Crippen LogP contribution < -0.4 is 26.6 Å². The van der Waals surface area contributed by atoms with Gasteiger partial charge >= 0.3 is 6.18 Å². The molecule has 4 N–H and O–H groups in total. The van der Waals surface area contributed by atoms with E-state index in [0.29, 0.717) is 36.1 Å². The van der Waals surface area contributed by atoms with Crippen LogP contribution in [0.15, 0.2) is 42.4 Å². The Bertz CT molecular complexity index is 1140. The Labute approximate surface area is 193 Å². The van der Waals surface area contributed by atoms with Crippen LogP contribution in [0.4, 0.5) is 28.9 Å². The van der Waals surface area contributed by atoms with Crippen LogP contribution in [0.2, 0.25) is 0 Å². The minimum Gasteiger partial charge on any atom is -0.350 e. The first kappa shape index (κ1) is 25.0. The predicted molar refractivity (Wildman–Crippen MR) is 118 cm³/mol. The highest BCUT2D eigenvalue weighted by Crippen LogP contribution is 2.31. The van der Waals surface area contributed by atoms with Gasteiger partial charge in [0.15, 0.2) is 0 Å². The van der Waals surface area contributed by atoms with E-state index < -0.39 is 29.0 Å². The number of carbonyl (C=O) groups excluding carboxylic acids is 2. The highest BCUT2D eigenvalue weighted by molar-refractivity contribution is 6.04. The second kappa shape index (κ2) is 9.29. The Hall–Kier alpha value is -3.67. The summed E-state index contributed by atoms with van der Waals surface area (Å²) in [4.78, 5) is 29.0. The maximum atomic E-state index is 13.6. The van der Waals surface area contributed by atoms with Crippen molar-refractivity contribution >= 4 is 23.2 Å². The molecule has 0 radical (unpaired) electrons. The normalized spacial score (nSPS) is 13.9. The third-order valence-electron chi connectivity index (χ3n) is 4.66. The molecule has 2 heterocycles. The van der Waals surface area contributed by atoms with E-state index >= 15 is 0 Å². The molecule has 0 saturated carbocycles. The van der Waals surface area contributed by atoms with Crippen molar-refractivity contribution in [2.75, 3.05) is 16.9 Å². The summed E-state index contributed by atoms with van der Waals surface area (Å²) in [7, 11) is 0. The maximum Gasteiger partial charge on any atom is 0.416 e. The van der Waals surface area contributed by atoms with Gasteiger partial charge in [0.05, 0.1) is 35.0 Å². The summed E-state index contributed by atoms with van der Waals surface area (Å²) in [6.07, 6.45) is -1.99. The van der Waals surface area contributed by atoms with Gasteiger partial charge in [0.1, 0.15) is 11.5 Å². The Morgan fingerprint density at radius 3 is 2.44 bits per heavy atom. The number of hydrogen-bond acceptors (Lipinski definition) is 6. The monoisotopic (exact) mass is 480 g/mol. The van der Waals surface area contributed by atoms with E-state index in [0.717, 1.165) is 0 Å². The lowest BCUT2D eigenvalue weighted by atomic mass is 9.97. The van der Waals surface area contributed by atoms with Crippen molar-refractivity contribution in [1.82, 2.24) is 21.3 Å². The number of carbonyl (C=O) groups is 2. The second-order valence-electron chi connectivity index (χ2n) is 8.90. The number of nitrogens with zero attached hydrogens (tertiary/aromatic N) is 2. The molecule has 182 valence electrons. The molecular formula is C22H24F4N6O2. The second-order valence-corrected chi connectivity index (χ2v) is 8.90. The number of amides is 2. The molecule has 2 amide bonds. The van der Waals surface area contributed by atoms with Crippen LogP contribution in [0.3, 0.4) is 0 Å². The molecule has 0 aliphatic carbocycles. The molecule has 1 aliphatic heterocycles. The molecule has 0 spiro atoms. The zero-order chi connectivity index (χ0) is 25.3. The van der Waals surface area contributed by atoms with Crippen molar-refractivity contribution in [1.29, 1.82) is 0 Å². The van der Waals surface area contributed by atoms with Gasteiger partial charge in [0.2, 0.25) is 0 Å². The molecule has 1 aliphatic rings. The highest BCUT2D eigenvalue weighted by atomic mass is 19.4. The SMILES string of the molecule is Cc1ncc(NC(=O)c2cc(F)cc(C(F)(F)F)c2)cc1N1C=C(C(=O)NCC(C)(C)C)NN1. The van der Waals surface area contributed by atoms with Gasteiger partial charge < -0.3 is 10.6 Å². The van der Waals surface area contributed by atoms with Crippen LogP contribution in [0.25, 0.3) is 0 Å². The van der Waals surface area contributed by atoms with Gasteiger partial charge in [-0.25, -0.2) is 4.39 Å². The lowest BCUT2D eigenvalue weighted by molar-refractivity contribution is -0.137. The highest BCUT2D eigenvalue weighted by Gasteiger charge is 2.32. The lowest BCUT2D eigenvalue weighted by Crippen LogP contribution is -2.40. The number of pyridine rings is 1. The smallest absolute Gasteiger partial charge is 0.350 e. The minimum absolute atomic E-state index is 0.0997. The van der Waals surface area contributed by atoms with E-state index in [2.05, 4.69) is 26.6 Å². The van der Waals surface area contributed by atoms with Gasteiger partial charge in [0.25, 0.3) is 11.8 Å². The number of aromatic nitrogens is 1. The molecule has 2 aromatic rings. The Morgan fingerprint density at radius 1 is 1.09 bits per heavy atom. The van der Waals surface area contributed by atoms with E-state index in [9.17, 15) is 27.2 Å². The van der Waals surface area contributed by atoms with Gasteiger partial charge in [-0.3, -0.25) is 25.0 Å². The van der Waals surface area contributed by atoms with E-state index in [1.165, 1.54) is 23.5 Å². The molecular weight excluding hydrogens is 456 g/mol. The number of alkyl halides is 3. The Kier molecular flexibility index (Phi) is 6.82. The van der Waals surface area contributed by atoms with Crippen LogP contribution in [0.1, 0.15) is 42.4 Å².